The van der Waals surface area contributed by atoms with Crippen LogP contribution in [-0.2, 0) is 0 Å². The van der Waals surface area contributed by atoms with E-state index in [0.29, 0.717) is 0 Å². The minimum absolute atomic E-state index is 0.913. The third-order valence-electron chi connectivity index (χ3n) is 9.96. The van der Waals surface area contributed by atoms with Crippen molar-refractivity contribution >= 4 is 88.4 Å². The summed E-state index contributed by atoms with van der Waals surface area (Å²) in [6, 6.07) is 69.3. The van der Waals surface area contributed by atoms with E-state index in [-0.39, 0.29) is 0 Å². The van der Waals surface area contributed by atoms with Crippen molar-refractivity contribution in [3.63, 3.8) is 0 Å². The second-order valence-corrected chi connectivity index (χ2v) is 13.0. The average Bonchev–Trinajstić information content (AvgIpc) is 3.56. The van der Waals surface area contributed by atoms with Gasteiger partial charge in [-0.05, 0) is 106 Å². The lowest BCUT2D eigenvalue weighted by Crippen LogP contribution is -2.13. The van der Waals surface area contributed by atoms with E-state index in [1.165, 1.54) is 26.9 Å². The molecular weight excluding hydrogens is 621 g/mol. The van der Waals surface area contributed by atoms with E-state index < -0.39 is 0 Å². The van der Waals surface area contributed by atoms with Gasteiger partial charge in [0.25, 0.3) is 0 Å². The molecule has 0 saturated heterocycles. The van der Waals surface area contributed by atoms with Crippen molar-refractivity contribution in [2.75, 3.05) is 9.80 Å². The number of benzene rings is 9. The smallest absolute Gasteiger partial charge is 0.136 e. The van der Waals surface area contributed by atoms with Gasteiger partial charge in [-0.2, -0.15) is 0 Å². The van der Waals surface area contributed by atoms with Crippen molar-refractivity contribution in [3.05, 3.63) is 194 Å². The molecule has 0 saturated carbocycles. The molecule has 0 spiro atoms. The van der Waals surface area contributed by atoms with Gasteiger partial charge in [0.1, 0.15) is 11.2 Å². The maximum atomic E-state index is 6.26. The van der Waals surface area contributed by atoms with E-state index in [1.807, 2.05) is 12.1 Å². The first-order chi connectivity index (χ1) is 25.3. The van der Waals surface area contributed by atoms with Gasteiger partial charge in [-0.3, -0.25) is 0 Å². The molecule has 0 atom stereocenters. The zero-order valence-corrected chi connectivity index (χ0v) is 27.8. The minimum atomic E-state index is 0.913. The quantitative estimate of drug-likeness (QED) is 0.167. The summed E-state index contributed by atoms with van der Waals surface area (Å²) in [5.74, 6) is 0. The lowest BCUT2D eigenvalue weighted by Gasteiger charge is -2.30. The van der Waals surface area contributed by atoms with Gasteiger partial charge < -0.3 is 14.2 Å². The fourth-order valence-corrected chi connectivity index (χ4v) is 7.60. The highest BCUT2D eigenvalue weighted by Crippen LogP contribution is 2.43. The van der Waals surface area contributed by atoms with Crippen LogP contribution in [0.3, 0.4) is 0 Å². The third-order valence-corrected chi connectivity index (χ3v) is 9.96. The highest BCUT2D eigenvalue weighted by atomic mass is 16.3. The van der Waals surface area contributed by atoms with Gasteiger partial charge in [0.05, 0.1) is 5.69 Å². The molecule has 10 aromatic rings. The predicted octanol–water partition coefficient (Wildman–Crippen LogP) is 14.0. The van der Waals surface area contributed by atoms with Crippen LogP contribution in [-0.4, -0.2) is 0 Å². The number of nitrogens with zero attached hydrogens (tertiary/aromatic N) is 2. The van der Waals surface area contributed by atoms with Crippen molar-refractivity contribution in [1.29, 1.82) is 0 Å². The Bertz CT molecular complexity index is 2870. The van der Waals surface area contributed by atoms with Gasteiger partial charge in [-0.1, -0.05) is 115 Å². The first-order valence-electron chi connectivity index (χ1n) is 17.3. The fourth-order valence-electron chi connectivity index (χ4n) is 7.60. The topological polar surface area (TPSA) is 19.6 Å². The number of fused-ring (bicyclic) bond motifs is 7. The lowest BCUT2D eigenvalue weighted by molar-refractivity contribution is 0.669. The Morgan fingerprint density at radius 1 is 0.275 bits per heavy atom. The minimum Gasteiger partial charge on any atom is -0.456 e. The molecule has 0 N–H and O–H groups in total. The highest BCUT2D eigenvalue weighted by molar-refractivity contribution is 6.17. The molecule has 0 aliphatic carbocycles. The van der Waals surface area contributed by atoms with Crippen LogP contribution in [0, 0.1) is 0 Å². The van der Waals surface area contributed by atoms with Crippen LogP contribution in [0.25, 0.3) is 54.3 Å². The van der Waals surface area contributed by atoms with Crippen molar-refractivity contribution in [1.82, 2.24) is 0 Å². The zero-order chi connectivity index (χ0) is 33.7. The van der Waals surface area contributed by atoms with Gasteiger partial charge in [-0.25, -0.2) is 0 Å². The van der Waals surface area contributed by atoms with Gasteiger partial charge in [0, 0.05) is 44.6 Å². The Morgan fingerprint density at radius 3 is 1.65 bits per heavy atom. The number of hydrogen-bond acceptors (Lipinski definition) is 3. The molecule has 0 unspecified atom stereocenters. The first kappa shape index (κ1) is 29.1. The van der Waals surface area contributed by atoms with Crippen molar-refractivity contribution in [2.45, 2.75) is 0 Å². The summed E-state index contributed by atoms with van der Waals surface area (Å²) in [5, 5.41) is 9.46. The fraction of sp³-hybridized carbons (Fsp3) is 0. The Morgan fingerprint density at radius 2 is 0.824 bits per heavy atom. The van der Waals surface area contributed by atoms with E-state index >= 15 is 0 Å². The normalized spacial score (nSPS) is 11.5. The molecule has 3 heteroatoms. The first-order valence-corrected chi connectivity index (χ1v) is 17.3. The lowest BCUT2D eigenvalue weighted by atomic mass is 9.99. The zero-order valence-electron chi connectivity index (χ0n) is 27.8. The van der Waals surface area contributed by atoms with E-state index in [4.69, 9.17) is 4.42 Å². The van der Waals surface area contributed by atoms with Crippen LogP contribution in [0.2, 0.25) is 0 Å². The van der Waals surface area contributed by atoms with Crippen LogP contribution in [0.4, 0.5) is 34.1 Å². The Kier molecular flexibility index (Phi) is 6.81. The van der Waals surface area contributed by atoms with E-state index in [2.05, 4.69) is 192 Å². The molecule has 0 bridgehead atoms. The number of para-hydroxylation sites is 3. The molecule has 0 aliphatic heterocycles. The highest BCUT2D eigenvalue weighted by Gasteiger charge is 2.19. The Balaban J connectivity index is 1.17. The van der Waals surface area contributed by atoms with E-state index in [9.17, 15) is 0 Å². The van der Waals surface area contributed by atoms with Crippen LogP contribution in [0.5, 0.6) is 0 Å². The van der Waals surface area contributed by atoms with Crippen molar-refractivity contribution in [2.24, 2.45) is 0 Å². The molecular formula is C48H32N2O. The maximum Gasteiger partial charge on any atom is 0.136 e. The third kappa shape index (κ3) is 4.98. The van der Waals surface area contributed by atoms with Gasteiger partial charge in [-0.15, -0.1) is 0 Å². The van der Waals surface area contributed by atoms with E-state index in [1.54, 1.807) is 0 Å². The molecule has 51 heavy (non-hydrogen) atoms. The monoisotopic (exact) mass is 652 g/mol. The largest absolute Gasteiger partial charge is 0.456 e. The number of hydrogen-bond donors (Lipinski definition) is 0. The summed E-state index contributed by atoms with van der Waals surface area (Å²) in [6.07, 6.45) is 0. The van der Waals surface area contributed by atoms with Crippen LogP contribution < -0.4 is 9.80 Å². The van der Waals surface area contributed by atoms with Gasteiger partial charge >= 0.3 is 0 Å². The summed E-state index contributed by atoms with van der Waals surface area (Å²) in [7, 11) is 0. The predicted molar refractivity (Wildman–Crippen MR) is 216 cm³/mol. The molecule has 0 amide bonds. The summed E-state index contributed by atoms with van der Waals surface area (Å²) in [6.45, 7) is 0. The SMILES string of the molecule is c1ccc(N(c2cccc(N(c3ccccc3)c3cccc4ccccc34)c2)c2ccc3ccc4cc5oc6ccccc6c5cc4c3c2)cc1. The van der Waals surface area contributed by atoms with Crippen LogP contribution >= 0.6 is 0 Å². The molecule has 0 fully saturated rings. The van der Waals surface area contributed by atoms with Crippen LogP contribution in [0.15, 0.2) is 199 Å². The molecule has 9 aromatic carbocycles. The molecule has 0 aliphatic rings. The number of rotatable bonds is 6. The number of furan rings is 1. The number of anilines is 6. The summed E-state index contributed by atoms with van der Waals surface area (Å²) in [4.78, 5) is 4.73. The van der Waals surface area contributed by atoms with Crippen LogP contribution in [0.1, 0.15) is 0 Å². The van der Waals surface area contributed by atoms with Crippen molar-refractivity contribution < 1.29 is 4.42 Å². The Hall–Kier alpha value is -6.84. The average molecular weight is 653 g/mol. The molecule has 0 radical (unpaired) electrons. The Labute approximate surface area is 295 Å². The summed E-state index contributed by atoms with van der Waals surface area (Å²) in [5.41, 5.74) is 8.40. The molecule has 240 valence electrons. The second-order valence-electron chi connectivity index (χ2n) is 13.0. The van der Waals surface area contributed by atoms with Gasteiger partial charge in [0.15, 0.2) is 0 Å². The molecule has 10 rings (SSSR count). The molecule has 1 heterocycles. The molecule has 1 aromatic heterocycles. The maximum absolute atomic E-state index is 6.26. The van der Waals surface area contributed by atoms with Crippen molar-refractivity contribution in [3.8, 4) is 0 Å². The molecule has 3 nitrogen and oxygen atoms in total. The summed E-state index contributed by atoms with van der Waals surface area (Å²) < 4.78 is 6.26. The second kappa shape index (κ2) is 11.9. The van der Waals surface area contributed by atoms with Gasteiger partial charge in [0.2, 0.25) is 0 Å². The summed E-state index contributed by atoms with van der Waals surface area (Å²) >= 11 is 0. The van der Waals surface area contributed by atoms with E-state index in [0.717, 1.165) is 61.4 Å². The standard InChI is InChI=1S/C48H32N2O/c1-3-15-36(16-4-1)49(40-28-27-34-25-26-35-29-48-45(32-44(35)43(34)31-40)42-22-9-10-24-47(42)51-48)38-19-12-20-39(30-38)50(37-17-5-2-6-18-37)46-23-11-14-33-13-7-8-21-41(33)46/h1-32H.